The van der Waals surface area contributed by atoms with Crippen molar-refractivity contribution in [1.82, 2.24) is 0 Å². The van der Waals surface area contributed by atoms with Crippen molar-refractivity contribution in [3.63, 3.8) is 0 Å². The fraction of sp³-hybridized carbons (Fsp3) is 0.625. The number of benzene rings is 2. The zero-order valence-corrected chi connectivity index (χ0v) is 24.2. The SMILES string of the molecule is CCCCCCCCCCO[PH](CCCCCCCCCC)(Oc1ccccc1)Oc1ccccc1. The monoisotopic (exact) mass is 516 g/mol. The number of hydrogen-bond donors (Lipinski definition) is 0. The summed E-state index contributed by atoms with van der Waals surface area (Å²) < 4.78 is 19.9. The molecule has 3 nitrogen and oxygen atoms in total. The molecule has 204 valence electrons. The molecule has 0 aliphatic heterocycles. The third-order valence-corrected chi connectivity index (χ3v) is 9.39. The second-order valence-corrected chi connectivity index (χ2v) is 12.6. The van der Waals surface area contributed by atoms with E-state index in [1.54, 1.807) is 0 Å². The van der Waals surface area contributed by atoms with Gasteiger partial charge < -0.3 is 0 Å². The van der Waals surface area contributed by atoms with Crippen molar-refractivity contribution >= 4 is 7.94 Å². The van der Waals surface area contributed by atoms with Gasteiger partial charge in [-0.15, -0.1) is 0 Å². The Morgan fingerprint density at radius 1 is 0.472 bits per heavy atom. The Morgan fingerprint density at radius 2 is 0.861 bits per heavy atom. The van der Waals surface area contributed by atoms with Crippen LogP contribution in [-0.2, 0) is 4.52 Å². The van der Waals surface area contributed by atoms with Crippen LogP contribution >= 0.6 is 7.94 Å². The summed E-state index contributed by atoms with van der Waals surface area (Å²) >= 11 is 0. The summed E-state index contributed by atoms with van der Waals surface area (Å²) in [4.78, 5) is 0. The molecule has 0 N–H and O–H groups in total. The minimum atomic E-state index is -2.94. The number of unbranched alkanes of at least 4 members (excludes halogenated alkanes) is 14. The van der Waals surface area contributed by atoms with Crippen molar-refractivity contribution in [2.45, 2.75) is 117 Å². The fourth-order valence-corrected chi connectivity index (χ4v) is 7.17. The molecule has 0 aromatic heterocycles. The third kappa shape index (κ3) is 14.2. The number of hydrogen-bond acceptors (Lipinski definition) is 3. The fourth-order valence-electron chi connectivity index (χ4n) is 4.53. The Bertz CT molecular complexity index is 696. The molecule has 0 saturated carbocycles. The van der Waals surface area contributed by atoms with Crippen LogP contribution in [0.1, 0.15) is 117 Å². The molecule has 0 atom stereocenters. The molecule has 0 unspecified atom stereocenters. The van der Waals surface area contributed by atoms with Gasteiger partial charge in [-0.25, -0.2) is 0 Å². The van der Waals surface area contributed by atoms with E-state index in [-0.39, 0.29) is 0 Å². The van der Waals surface area contributed by atoms with E-state index in [2.05, 4.69) is 13.8 Å². The Kier molecular flexibility index (Phi) is 17.4. The van der Waals surface area contributed by atoms with Gasteiger partial charge in [0.25, 0.3) is 0 Å². The standard InChI is InChI=1S/C32H53O3P/c1-3-5-7-9-11-13-15-23-29-33-36(34-31-25-19-17-20-26-31,35-32-27-21-18-22-28-32)30-24-16-14-12-10-8-6-4-2/h17-22,25-28,36H,3-16,23-24,29-30H2,1-2H3. The average molecular weight is 517 g/mol. The first-order valence-electron chi connectivity index (χ1n) is 14.9. The van der Waals surface area contributed by atoms with Crippen molar-refractivity contribution in [2.75, 3.05) is 12.8 Å². The zero-order chi connectivity index (χ0) is 25.6. The predicted octanol–water partition coefficient (Wildman–Crippen LogP) is 10.9. The van der Waals surface area contributed by atoms with Gasteiger partial charge in [-0.05, 0) is 0 Å². The first-order chi connectivity index (χ1) is 17.8. The number of rotatable bonds is 23. The molecule has 0 radical (unpaired) electrons. The normalized spacial score (nSPS) is 11.9. The molecular formula is C32H53O3P. The average Bonchev–Trinajstić information content (AvgIpc) is 2.90. The van der Waals surface area contributed by atoms with Gasteiger partial charge in [0, 0.05) is 0 Å². The van der Waals surface area contributed by atoms with Gasteiger partial charge in [-0.1, -0.05) is 0 Å². The van der Waals surface area contributed by atoms with Gasteiger partial charge in [-0.2, -0.15) is 0 Å². The second kappa shape index (κ2) is 20.5. The topological polar surface area (TPSA) is 27.7 Å². The van der Waals surface area contributed by atoms with Crippen LogP contribution in [0.5, 0.6) is 11.5 Å². The van der Waals surface area contributed by atoms with E-state index in [0.717, 1.165) is 30.5 Å². The molecule has 0 heterocycles. The van der Waals surface area contributed by atoms with Crippen molar-refractivity contribution in [1.29, 1.82) is 0 Å². The molecular weight excluding hydrogens is 463 g/mol. The maximum atomic E-state index is 6.64. The van der Waals surface area contributed by atoms with Crippen LogP contribution < -0.4 is 9.05 Å². The minimum absolute atomic E-state index is 0.706. The van der Waals surface area contributed by atoms with Crippen LogP contribution in [0.25, 0.3) is 0 Å². The van der Waals surface area contributed by atoms with Crippen LogP contribution in [0.3, 0.4) is 0 Å². The molecule has 0 amide bonds. The van der Waals surface area contributed by atoms with E-state index >= 15 is 0 Å². The summed E-state index contributed by atoms with van der Waals surface area (Å²) in [7, 11) is -2.94. The van der Waals surface area contributed by atoms with Crippen molar-refractivity contribution in [3.05, 3.63) is 60.7 Å². The van der Waals surface area contributed by atoms with Gasteiger partial charge in [-0.3, -0.25) is 0 Å². The van der Waals surface area contributed by atoms with E-state index in [4.69, 9.17) is 13.6 Å². The Balaban J connectivity index is 1.95. The van der Waals surface area contributed by atoms with Crippen LogP contribution in [-0.4, -0.2) is 12.8 Å². The first-order valence-corrected chi connectivity index (χ1v) is 16.8. The molecule has 0 aliphatic rings. The summed E-state index contributed by atoms with van der Waals surface area (Å²) in [5, 5.41) is 0. The molecule has 0 bridgehead atoms. The first kappa shape index (κ1) is 30.7. The van der Waals surface area contributed by atoms with E-state index in [9.17, 15) is 0 Å². The summed E-state index contributed by atoms with van der Waals surface area (Å²) in [6, 6.07) is 20.2. The quantitative estimate of drug-likeness (QED) is 0.109. The maximum absolute atomic E-state index is 6.64. The summed E-state index contributed by atoms with van der Waals surface area (Å²) in [5.41, 5.74) is 0. The van der Waals surface area contributed by atoms with E-state index in [1.165, 1.54) is 89.9 Å². The molecule has 2 aromatic rings. The van der Waals surface area contributed by atoms with Crippen molar-refractivity contribution in [2.24, 2.45) is 0 Å². The third-order valence-electron chi connectivity index (χ3n) is 6.69. The van der Waals surface area contributed by atoms with E-state index in [0.29, 0.717) is 6.61 Å². The second-order valence-electron chi connectivity index (χ2n) is 10.1. The van der Waals surface area contributed by atoms with Crippen LogP contribution in [0.15, 0.2) is 60.7 Å². The molecule has 4 heteroatoms. The van der Waals surface area contributed by atoms with Crippen molar-refractivity contribution in [3.8, 4) is 11.5 Å². The van der Waals surface area contributed by atoms with Crippen LogP contribution in [0.4, 0.5) is 0 Å². The molecule has 0 spiro atoms. The van der Waals surface area contributed by atoms with Gasteiger partial charge >= 0.3 is 223 Å². The summed E-state index contributed by atoms with van der Waals surface area (Å²) in [5.74, 6) is 1.69. The molecule has 2 aromatic carbocycles. The Labute approximate surface area is 222 Å². The Morgan fingerprint density at radius 3 is 1.31 bits per heavy atom. The van der Waals surface area contributed by atoms with E-state index < -0.39 is 7.94 Å². The van der Waals surface area contributed by atoms with E-state index in [1.807, 2.05) is 60.7 Å². The molecule has 36 heavy (non-hydrogen) atoms. The molecule has 0 saturated heterocycles. The Hall–Kier alpha value is -1.57. The summed E-state index contributed by atoms with van der Waals surface area (Å²) in [6.45, 7) is 5.26. The molecule has 0 aliphatic carbocycles. The summed E-state index contributed by atoms with van der Waals surface area (Å²) in [6.07, 6.45) is 21.4. The van der Waals surface area contributed by atoms with Gasteiger partial charge in [0.05, 0.1) is 0 Å². The predicted molar refractivity (Wildman–Crippen MR) is 158 cm³/mol. The van der Waals surface area contributed by atoms with Crippen LogP contribution in [0, 0.1) is 0 Å². The molecule has 2 rings (SSSR count). The van der Waals surface area contributed by atoms with Crippen molar-refractivity contribution < 1.29 is 13.6 Å². The van der Waals surface area contributed by atoms with Gasteiger partial charge in [0.1, 0.15) is 0 Å². The van der Waals surface area contributed by atoms with Gasteiger partial charge in [0.15, 0.2) is 0 Å². The molecule has 0 fully saturated rings. The number of para-hydroxylation sites is 2. The van der Waals surface area contributed by atoms with Crippen LogP contribution in [0.2, 0.25) is 0 Å². The van der Waals surface area contributed by atoms with Gasteiger partial charge in [0.2, 0.25) is 0 Å². The zero-order valence-electron chi connectivity index (χ0n) is 23.2.